The maximum atomic E-state index is 13.9. The van der Waals surface area contributed by atoms with Gasteiger partial charge in [0.2, 0.25) is 0 Å². The molecule has 1 fully saturated rings. The van der Waals surface area contributed by atoms with E-state index < -0.39 is 0 Å². The summed E-state index contributed by atoms with van der Waals surface area (Å²) in [6, 6.07) is 5.37. The molecular weight excluding hydrogens is 227 g/mol. The highest BCUT2D eigenvalue weighted by Crippen LogP contribution is 2.30. The molecule has 1 aliphatic rings. The van der Waals surface area contributed by atoms with Crippen LogP contribution in [0.5, 0.6) is 0 Å². The minimum absolute atomic E-state index is 0.103. The minimum Gasteiger partial charge on any atom is -0.374 e. The number of hydrogen-bond donors (Lipinski definition) is 1. The average Bonchev–Trinajstić information content (AvgIpc) is 2.32. The van der Waals surface area contributed by atoms with Crippen LogP contribution >= 0.6 is 0 Å². The molecule has 0 saturated heterocycles. The molecule has 1 aromatic rings. The van der Waals surface area contributed by atoms with Gasteiger partial charge in [-0.25, -0.2) is 4.39 Å². The number of benzene rings is 1. The molecule has 0 unspecified atom stereocenters. The molecule has 0 spiro atoms. The Hall–Kier alpha value is -1.09. The third kappa shape index (κ3) is 3.02. The van der Waals surface area contributed by atoms with Crippen LogP contribution in [-0.2, 0) is 6.54 Å². The van der Waals surface area contributed by atoms with Gasteiger partial charge in [-0.1, -0.05) is 19.4 Å². The van der Waals surface area contributed by atoms with Crippen LogP contribution in [0, 0.1) is 11.7 Å². The third-order valence-corrected chi connectivity index (χ3v) is 3.81. The van der Waals surface area contributed by atoms with E-state index in [0.29, 0.717) is 6.54 Å². The second-order valence-corrected chi connectivity index (χ2v) is 5.20. The van der Waals surface area contributed by atoms with Crippen molar-refractivity contribution in [3.05, 3.63) is 29.6 Å². The summed E-state index contributed by atoms with van der Waals surface area (Å²) in [7, 11) is 2.07. The molecule has 2 rings (SSSR count). The van der Waals surface area contributed by atoms with Gasteiger partial charge in [0.1, 0.15) is 5.82 Å². The molecule has 18 heavy (non-hydrogen) atoms. The number of halogens is 1. The van der Waals surface area contributed by atoms with Gasteiger partial charge in [-0.05, 0) is 37.4 Å². The van der Waals surface area contributed by atoms with E-state index in [4.69, 9.17) is 0 Å². The summed E-state index contributed by atoms with van der Waals surface area (Å²) < 4.78 is 13.9. The highest BCUT2D eigenvalue weighted by atomic mass is 19.1. The van der Waals surface area contributed by atoms with E-state index >= 15 is 0 Å². The molecule has 0 amide bonds. The Bertz CT molecular complexity index is 388. The van der Waals surface area contributed by atoms with Crippen LogP contribution in [0.3, 0.4) is 0 Å². The summed E-state index contributed by atoms with van der Waals surface area (Å²) >= 11 is 0. The van der Waals surface area contributed by atoms with E-state index in [0.717, 1.165) is 30.3 Å². The fourth-order valence-electron chi connectivity index (χ4n) is 2.49. The molecule has 0 heterocycles. The molecule has 3 heteroatoms. The van der Waals surface area contributed by atoms with Gasteiger partial charge in [0.25, 0.3) is 0 Å². The minimum atomic E-state index is -0.103. The van der Waals surface area contributed by atoms with E-state index in [2.05, 4.69) is 17.3 Å². The van der Waals surface area contributed by atoms with Crippen molar-refractivity contribution >= 4 is 5.69 Å². The summed E-state index contributed by atoms with van der Waals surface area (Å²) in [5.41, 5.74) is 1.82. The molecule has 0 aliphatic heterocycles. The maximum Gasteiger partial charge on any atom is 0.129 e. The summed E-state index contributed by atoms with van der Waals surface area (Å²) in [5.74, 6) is 0.694. The standard InChI is InChI=1S/C15H23FN2/c1-3-17-10-13-14(16)8-5-9-15(13)18(2)11-12-6-4-7-12/h5,8-9,12,17H,3-4,6-7,10-11H2,1-2H3. The van der Waals surface area contributed by atoms with Crippen molar-refractivity contribution in [1.29, 1.82) is 0 Å². The zero-order valence-electron chi connectivity index (χ0n) is 11.4. The predicted molar refractivity (Wildman–Crippen MR) is 74.4 cm³/mol. The number of nitrogens with zero attached hydrogens (tertiary/aromatic N) is 1. The summed E-state index contributed by atoms with van der Waals surface area (Å²) in [5, 5.41) is 3.22. The summed E-state index contributed by atoms with van der Waals surface area (Å²) in [6.45, 7) is 4.55. The molecule has 1 aromatic carbocycles. The number of anilines is 1. The molecule has 0 atom stereocenters. The van der Waals surface area contributed by atoms with Gasteiger partial charge < -0.3 is 10.2 Å². The van der Waals surface area contributed by atoms with Crippen molar-refractivity contribution in [3.63, 3.8) is 0 Å². The van der Waals surface area contributed by atoms with Gasteiger partial charge in [-0.3, -0.25) is 0 Å². The van der Waals surface area contributed by atoms with E-state index in [1.165, 1.54) is 19.3 Å². The first kappa shape index (κ1) is 13.3. The van der Waals surface area contributed by atoms with Crippen molar-refractivity contribution in [1.82, 2.24) is 5.32 Å². The molecule has 1 N–H and O–H groups in total. The van der Waals surface area contributed by atoms with Gasteiger partial charge in [0.05, 0.1) is 0 Å². The Balaban J connectivity index is 2.11. The molecule has 0 radical (unpaired) electrons. The molecule has 100 valence electrons. The Morgan fingerprint density at radius 1 is 1.39 bits per heavy atom. The SMILES string of the molecule is CCNCc1c(F)cccc1N(C)CC1CCC1. The van der Waals surface area contributed by atoms with E-state index in [1.54, 1.807) is 12.1 Å². The highest BCUT2D eigenvalue weighted by molar-refractivity contribution is 5.53. The van der Waals surface area contributed by atoms with Crippen LogP contribution in [0.1, 0.15) is 31.7 Å². The maximum absolute atomic E-state index is 13.9. The van der Waals surface area contributed by atoms with Crippen molar-refractivity contribution in [2.75, 3.05) is 25.0 Å². The first-order valence-corrected chi connectivity index (χ1v) is 6.91. The second-order valence-electron chi connectivity index (χ2n) is 5.20. The highest BCUT2D eigenvalue weighted by Gasteiger charge is 2.20. The van der Waals surface area contributed by atoms with Crippen molar-refractivity contribution in [2.24, 2.45) is 5.92 Å². The number of rotatable bonds is 6. The van der Waals surface area contributed by atoms with Gasteiger partial charge in [0.15, 0.2) is 0 Å². The van der Waals surface area contributed by atoms with E-state index in [-0.39, 0.29) is 5.82 Å². The van der Waals surface area contributed by atoms with Crippen LogP contribution in [0.25, 0.3) is 0 Å². The second kappa shape index (κ2) is 6.19. The lowest BCUT2D eigenvalue weighted by atomic mass is 9.85. The van der Waals surface area contributed by atoms with Crippen LogP contribution in [0.2, 0.25) is 0 Å². The topological polar surface area (TPSA) is 15.3 Å². The Morgan fingerprint density at radius 2 is 2.17 bits per heavy atom. The lowest BCUT2D eigenvalue weighted by molar-refractivity contribution is 0.321. The molecule has 1 aliphatic carbocycles. The molecule has 0 bridgehead atoms. The fraction of sp³-hybridized carbons (Fsp3) is 0.600. The number of nitrogens with one attached hydrogen (secondary N) is 1. The third-order valence-electron chi connectivity index (χ3n) is 3.81. The van der Waals surface area contributed by atoms with Crippen LogP contribution in [-0.4, -0.2) is 20.1 Å². The molecular formula is C15H23FN2. The Morgan fingerprint density at radius 3 is 2.78 bits per heavy atom. The van der Waals surface area contributed by atoms with Crippen LogP contribution in [0.4, 0.5) is 10.1 Å². The first-order chi connectivity index (χ1) is 8.72. The van der Waals surface area contributed by atoms with Gasteiger partial charge in [-0.15, -0.1) is 0 Å². The normalized spacial score (nSPS) is 15.5. The van der Waals surface area contributed by atoms with Gasteiger partial charge >= 0.3 is 0 Å². The Kier molecular flexibility index (Phi) is 4.59. The quantitative estimate of drug-likeness (QED) is 0.834. The van der Waals surface area contributed by atoms with Crippen LogP contribution < -0.4 is 10.2 Å². The van der Waals surface area contributed by atoms with E-state index in [1.807, 2.05) is 13.0 Å². The van der Waals surface area contributed by atoms with Gasteiger partial charge in [-0.2, -0.15) is 0 Å². The molecule has 0 aromatic heterocycles. The van der Waals surface area contributed by atoms with Crippen molar-refractivity contribution in [3.8, 4) is 0 Å². The summed E-state index contributed by atoms with van der Waals surface area (Å²) in [4.78, 5) is 2.21. The number of hydrogen-bond acceptors (Lipinski definition) is 2. The van der Waals surface area contributed by atoms with Crippen molar-refractivity contribution < 1.29 is 4.39 Å². The lowest BCUT2D eigenvalue weighted by Crippen LogP contribution is -2.30. The molecule has 1 saturated carbocycles. The lowest BCUT2D eigenvalue weighted by Gasteiger charge is -2.32. The molecule has 2 nitrogen and oxygen atoms in total. The monoisotopic (exact) mass is 250 g/mol. The van der Waals surface area contributed by atoms with Crippen molar-refractivity contribution in [2.45, 2.75) is 32.7 Å². The average molecular weight is 250 g/mol. The smallest absolute Gasteiger partial charge is 0.129 e. The predicted octanol–water partition coefficient (Wildman–Crippen LogP) is 3.17. The fourth-order valence-corrected chi connectivity index (χ4v) is 2.49. The van der Waals surface area contributed by atoms with Gasteiger partial charge in [0, 0.05) is 31.4 Å². The zero-order valence-corrected chi connectivity index (χ0v) is 11.4. The summed E-state index contributed by atoms with van der Waals surface area (Å²) in [6.07, 6.45) is 4.00. The Labute approximate surface area is 109 Å². The van der Waals surface area contributed by atoms with E-state index in [9.17, 15) is 4.39 Å². The first-order valence-electron chi connectivity index (χ1n) is 6.91. The zero-order chi connectivity index (χ0) is 13.0. The largest absolute Gasteiger partial charge is 0.374 e. The van der Waals surface area contributed by atoms with Crippen LogP contribution in [0.15, 0.2) is 18.2 Å².